The van der Waals surface area contributed by atoms with Gasteiger partial charge in [0.2, 0.25) is 0 Å². The van der Waals surface area contributed by atoms with Gasteiger partial charge in [-0.25, -0.2) is 0 Å². The summed E-state index contributed by atoms with van der Waals surface area (Å²) in [7, 11) is 3.38. The van der Waals surface area contributed by atoms with Crippen LogP contribution < -0.4 is 4.74 Å². The summed E-state index contributed by atoms with van der Waals surface area (Å²) in [6.45, 7) is 0. The highest BCUT2D eigenvalue weighted by Crippen LogP contribution is 2.41. The monoisotopic (exact) mass is 364 g/mol. The van der Waals surface area contributed by atoms with Gasteiger partial charge in [-0.15, -0.1) is 0 Å². The molecule has 28 heavy (non-hydrogen) atoms. The number of benzene rings is 5. The van der Waals surface area contributed by atoms with Gasteiger partial charge in [0.05, 0.1) is 20.5 Å². The average Bonchev–Trinajstić information content (AvgIpc) is 2.76. The van der Waals surface area contributed by atoms with E-state index in [4.69, 9.17) is 9.47 Å². The zero-order valence-corrected chi connectivity index (χ0v) is 15.9. The van der Waals surface area contributed by atoms with Crippen LogP contribution in [0, 0.1) is 0 Å². The van der Waals surface area contributed by atoms with E-state index in [0.717, 1.165) is 16.7 Å². The van der Waals surface area contributed by atoms with Crippen molar-refractivity contribution in [3.05, 3.63) is 84.6 Å². The molecule has 0 unspecified atom stereocenters. The molecule has 0 atom stereocenters. The molecule has 0 aromatic heterocycles. The number of methoxy groups -OCH3 is 2. The van der Waals surface area contributed by atoms with Gasteiger partial charge in [0, 0.05) is 0 Å². The Morgan fingerprint density at radius 3 is 1.93 bits per heavy atom. The summed E-state index contributed by atoms with van der Waals surface area (Å²) in [6.07, 6.45) is 3.78. The van der Waals surface area contributed by atoms with E-state index in [-0.39, 0.29) is 0 Å². The van der Waals surface area contributed by atoms with E-state index in [0.29, 0.717) is 0 Å². The van der Waals surface area contributed by atoms with Crippen molar-refractivity contribution in [3.63, 3.8) is 0 Å². The largest absolute Gasteiger partial charge is 0.504 e. The fourth-order valence-corrected chi connectivity index (χ4v) is 4.25. The van der Waals surface area contributed by atoms with E-state index in [2.05, 4.69) is 66.7 Å². The predicted molar refractivity (Wildman–Crippen MR) is 119 cm³/mol. The molecule has 2 nitrogen and oxygen atoms in total. The summed E-state index contributed by atoms with van der Waals surface area (Å²) in [6, 6.07) is 25.8. The molecule has 5 rings (SSSR count). The average molecular weight is 364 g/mol. The molecule has 0 heterocycles. The van der Waals surface area contributed by atoms with Crippen LogP contribution in [0.3, 0.4) is 0 Å². The zero-order chi connectivity index (χ0) is 19.1. The Kier molecular flexibility index (Phi) is 3.91. The lowest BCUT2D eigenvalue weighted by Crippen LogP contribution is -1.90. The second-order valence-corrected chi connectivity index (χ2v) is 6.93. The first kappa shape index (κ1) is 16.6. The summed E-state index contributed by atoms with van der Waals surface area (Å²) in [4.78, 5) is 0. The van der Waals surface area contributed by atoms with Crippen LogP contribution in [0.2, 0.25) is 0 Å². The summed E-state index contributed by atoms with van der Waals surface area (Å²) in [5, 5.41) is 9.96. The predicted octanol–water partition coefficient (Wildman–Crippen LogP) is 6.93. The SMILES string of the molecule is CO/C=C/c1cc2cc(OC)ccc2c2c3ccccc3c3ccccc3c12. The molecular weight excluding hydrogens is 344 g/mol. The number of hydrogen-bond acceptors (Lipinski definition) is 2. The van der Waals surface area contributed by atoms with Crippen LogP contribution in [-0.2, 0) is 4.74 Å². The van der Waals surface area contributed by atoms with Crippen LogP contribution in [0.1, 0.15) is 5.56 Å². The molecule has 0 N–H and O–H groups in total. The Balaban J connectivity index is 2.12. The Hall–Kier alpha value is -3.52. The number of ether oxygens (including phenoxy) is 2. The molecule has 0 aliphatic carbocycles. The zero-order valence-electron chi connectivity index (χ0n) is 15.9. The molecule has 0 spiro atoms. The molecule has 0 saturated heterocycles. The minimum Gasteiger partial charge on any atom is -0.504 e. The first-order chi connectivity index (χ1) is 13.8. The Labute approximate surface area is 163 Å². The molecule has 0 saturated carbocycles. The van der Waals surface area contributed by atoms with E-state index >= 15 is 0 Å². The van der Waals surface area contributed by atoms with Crippen LogP contribution in [0.15, 0.2) is 79.1 Å². The third-order valence-corrected chi connectivity index (χ3v) is 5.44. The van der Waals surface area contributed by atoms with Gasteiger partial charge in [-0.1, -0.05) is 54.6 Å². The van der Waals surface area contributed by atoms with Crippen molar-refractivity contribution >= 4 is 49.2 Å². The van der Waals surface area contributed by atoms with Gasteiger partial charge in [0.1, 0.15) is 5.75 Å². The molecule has 0 aliphatic heterocycles. The second kappa shape index (κ2) is 6.58. The molecule has 5 aromatic carbocycles. The van der Waals surface area contributed by atoms with E-state index < -0.39 is 0 Å². The van der Waals surface area contributed by atoms with E-state index in [9.17, 15) is 0 Å². The summed E-state index contributed by atoms with van der Waals surface area (Å²) in [5.74, 6) is 0.860. The van der Waals surface area contributed by atoms with Crippen molar-refractivity contribution in [2.75, 3.05) is 14.2 Å². The summed E-state index contributed by atoms with van der Waals surface area (Å²) < 4.78 is 10.7. The third-order valence-electron chi connectivity index (χ3n) is 5.44. The highest BCUT2D eigenvalue weighted by molar-refractivity contribution is 6.33. The molecule has 2 heteroatoms. The first-order valence-corrected chi connectivity index (χ1v) is 9.35. The van der Waals surface area contributed by atoms with Gasteiger partial charge >= 0.3 is 0 Å². The third kappa shape index (κ3) is 2.42. The molecule has 0 amide bonds. The van der Waals surface area contributed by atoms with Crippen LogP contribution in [0.25, 0.3) is 49.2 Å². The maximum atomic E-state index is 5.47. The highest BCUT2D eigenvalue weighted by Gasteiger charge is 2.14. The van der Waals surface area contributed by atoms with Crippen molar-refractivity contribution in [1.29, 1.82) is 0 Å². The molecule has 0 aliphatic rings. The van der Waals surface area contributed by atoms with E-state index in [1.54, 1.807) is 20.5 Å². The lowest BCUT2D eigenvalue weighted by Gasteiger charge is -2.16. The first-order valence-electron chi connectivity index (χ1n) is 9.35. The minimum absolute atomic E-state index is 0.860. The Morgan fingerprint density at radius 2 is 1.29 bits per heavy atom. The molecule has 0 radical (unpaired) electrons. The fourth-order valence-electron chi connectivity index (χ4n) is 4.25. The number of rotatable bonds is 3. The molecule has 5 aromatic rings. The fraction of sp³-hybridized carbons (Fsp3) is 0.0769. The van der Waals surface area contributed by atoms with E-state index in [1.165, 1.54) is 37.7 Å². The molecule has 0 fully saturated rings. The summed E-state index contributed by atoms with van der Waals surface area (Å²) >= 11 is 0. The topological polar surface area (TPSA) is 18.5 Å². The van der Waals surface area contributed by atoms with E-state index in [1.807, 2.05) is 12.1 Å². The lowest BCUT2D eigenvalue weighted by atomic mass is 9.88. The highest BCUT2D eigenvalue weighted by atomic mass is 16.5. The van der Waals surface area contributed by atoms with Crippen molar-refractivity contribution in [2.45, 2.75) is 0 Å². The van der Waals surface area contributed by atoms with Crippen molar-refractivity contribution in [1.82, 2.24) is 0 Å². The Bertz CT molecular complexity index is 1380. The van der Waals surface area contributed by atoms with Crippen LogP contribution in [0.5, 0.6) is 5.75 Å². The quantitative estimate of drug-likeness (QED) is 0.255. The van der Waals surface area contributed by atoms with Gasteiger partial charge in [-0.3, -0.25) is 0 Å². The van der Waals surface area contributed by atoms with Gasteiger partial charge in [0.15, 0.2) is 0 Å². The lowest BCUT2D eigenvalue weighted by molar-refractivity contribution is 0.341. The van der Waals surface area contributed by atoms with Crippen LogP contribution >= 0.6 is 0 Å². The van der Waals surface area contributed by atoms with Crippen molar-refractivity contribution in [3.8, 4) is 5.75 Å². The van der Waals surface area contributed by atoms with Crippen molar-refractivity contribution < 1.29 is 9.47 Å². The van der Waals surface area contributed by atoms with Crippen molar-refractivity contribution in [2.24, 2.45) is 0 Å². The Morgan fingerprint density at radius 1 is 0.643 bits per heavy atom. The van der Waals surface area contributed by atoms with Gasteiger partial charge in [-0.05, 0) is 72.9 Å². The van der Waals surface area contributed by atoms with Gasteiger partial charge in [0.25, 0.3) is 0 Å². The minimum atomic E-state index is 0.860. The standard InChI is InChI=1S/C26H20O2/c1-27-14-13-17-15-18-16-19(28-2)11-12-20(18)26-24-10-6-4-8-22(24)21-7-3-5-9-23(21)25(17)26/h3-16H,1-2H3/b14-13+. The molecular formula is C26H20O2. The maximum Gasteiger partial charge on any atom is 0.119 e. The smallest absolute Gasteiger partial charge is 0.119 e. The molecule has 136 valence electrons. The van der Waals surface area contributed by atoms with Crippen LogP contribution in [0.4, 0.5) is 0 Å². The number of fused-ring (bicyclic) bond motifs is 8. The van der Waals surface area contributed by atoms with Gasteiger partial charge < -0.3 is 9.47 Å². The molecule has 0 bridgehead atoms. The second-order valence-electron chi connectivity index (χ2n) is 6.93. The van der Waals surface area contributed by atoms with Gasteiger partial charge in [-0.2, -0.15) is 0 Å². The maximum absolute atomic E-state index is 5.47. The van der Waals surface area contributed by atoms with Crippen LogP contribution in [-0.4, -0.2) is 14.2 Å². The number of hydrogen-bond donors (Lipinski definition) is 0. The normalized spacial score (nSPS) is 11.8. The summed E-state index contributed by atoms with van der Waals surface area (Å²) in [5.41, 5.74) is 1.14.